The van der Waals surface area contributed by atoms with Crippen molar-refractivity contribution in [3.05, 3.63) is 51.8 Å². The van der Waals surface area contributed by atoms with Crippen molar-refractivity contribution in [3.63, 3.8) is 0 Å². The molecule has 3 nitrogen and oxygen atoms in total. The summed E-state index contributed by atoms with van der Waals surface area (Å²) in [6, 6.07) is 7.18. The van der Waals surface area contributed by atoms with Gasteiger partial charge in [0.2, 0.25) is 0 Å². The number of nitrogens with zero attached hydrogens (tertiary/aromatic N) is 2. The van der Waals surface area contributed by atoms with Crippen molar-refractivity contribution in [1.29, 1.82) is 0 Å². The third-order valence-corrected chi connectivity index (χ3v) is 4.10. The molecule has 0 aliphatic carbocycles. The Balaban J connectivity index is 2.13. The van der Waals surface area contributed by atoms with Gasteiger partial charge in [0.25, 0.3) is 0 Å². The predicted molar refractivity (Wildman–Crippen MR) is 86.3 cm³/mol. The first kappa shape index (κ1) is 16.1. The second kappa shape index (κ2) is 7.10. The molecule has 1 aromatic heterocycles. The fourth-order valence-corrected chi connectivity index (χ4v) is 2.83. The zero-order chi connectivity index (χ0) is 15.4. The standard InChI is InChI=1S/C16H18Cl2N2O/c1-3-13(4-2)20-8-7-12(19-20)10-16(21)14-6-5-11(17)9-15(14)18/h5-9,13H,3-4,10H2,1-2H3. The summed E-state index contributed by atoms with van der Waals surface area (Å²) < 4.78 is 1.94. The van der Waals surface area contributed by atoms with Crippen LogP contribution in [0.4, 0.5) is 0 Å². The Morgan fingerprint density at radius 3 is 2.57 bits per heavy atom. The number of halogens is 2. The Kier molecular flexibility index (Phi) is 5.43. The van der Waals surface area contributed by atoms with Crippen LogP contribution >= 0.6 is 23.2 Å². The summed E-state index contributed by atoms with van der Waals surface area (Å²) in [5.74, 6) is -0.0496. The molecule has 2 aromatic rings. The van der Waals surface area contributed by atoms with E-state index < -0.39 is 0 Å². The van der Waals surface area contributed by atoms with E-state index in [1.807, 2.05) is 16.9 Å². The lowest BCUT2D eigenvalue weighted by molar-refractivity contribution is 0.0992. The first-order valence-electron chi connectivity index (χ1n) is 7.07. The third-order valence-electron chi connectivity index (χ3n) is 3.55. The molecule has 112 valence electrons. The number of hydrogen-bond acceptors (Lipinski definition) is 2. The highest BCUT2D eigenvalue weighted by Crippen LogP contribution is 2.22. The van der Waals surface area contributed by atoms with Gasteiger partial charge in [-0.25, -0.2) is 0 Å². The minimum atomic E-state index is -0.0496. The van der Waals surface area contributed by atoms with E-state index in [0.717, 1.165) is 18.5 Å². The van der Waals surface area contributed by atoms with Crippen molar-refractivity contribution in [3.8, 4) is 0 Å². The molecule has 2 rings (SSSR count). The Hall–Kier alpha value is -1.32. The molecule has 0 radical (unpaired) electrons. The van der Waals surface area contributed by atoms with E-state index in [4.69, 9.17) is 23.2 Å². The van der Waals surface area contributed by atoms with Crippen LogP contribution in [0.25, 0.3) is 0 Å². The second-order valence-corrected chi connectivity index (χ2v) is 5.83. The molecule has 0 spiro atoms. The van der Waals surface area contributed by atoms with Crippen LogP contribution in [0.1, 0.15) is 48.8 Å². The topological polar surface area (TPSA) is 34.9 Å². The highest BCUT2D eigenvalue weighted by molar-refractivity contribution is 6.36. The molecule has 5 heteroatoms. The van der Waals surface area contributed by atoms with Crippen LogP contribution in [0, 0.1) is 0 Å². The summed E-state index contributed by atoms with van der Waals surface area (Å²) in [6.45, 7) is 4.27. The summed E-state index contributed by atoms with van der Waals surface area (Å²) in [7, 11) is 0. The summed E-state index contributed by atoms with van der Waals surface area (Å²) in [5.41, 5.74) is 1.25. The fraction of sp³-hybridized carbons (Fsp3) is 0.375. The number of carbonyl (C=O) groups is 1. The molecule has 0 aliphatic rings. The maximum Gasteiger partial charge on any atom is 0.170 e. The van der Waals surface area contributed by atoms with E-state index in [0.29, 0.717) is 21.7 Å². The lowest BCUT2D eigenvalue weighted by Gasteiger charge is -2.12. The van der Waals surface area contributed by atoms with Crippen molar-refractivity contribution in [2.24, 2.45) is 0 Å². The quantitative estimate of drug-likeness (QED) is 0.702. The summed E-state index contributed by atoms with van der Waals surface area (Å²) in [5, 5.41) is 5.40. The van der Waals surface area contributed by atoms with Gasteiger partial charge in [0, 0.05) is 16.8 Å². The van der Waals surface area contributed by atoms with Crippen LogP contribution in [-0.4, -0.2) is 15.6 Å². The van der Waals surface area contributed by atoms with Gasteiger partial charge in [0.1, 0.15) is 0 Å². The van der Waals surface area contributed by atoms with Gasteiger partial charge in [-0.1, -0.05) is 37.0 Å². The van der Waals surface area contributed by atoms with E-state index in [1.54, 1.807) is 18.2 Å². The van der Waals surface area contributed by atoms with Gasteiger partial charge in [-0.3, -0.25) is 9.48 Å². The van der Waals surface area contributed by atoms with Gasteiger partial charge in [-0.2, -0.15) is 5.10 Å². The number of ketones is 1. The Labute approximate surface area is 134 Å². The average molecular weight is 325 g/mol. The number of aromatic nitrogens is 2. The van der Waals surface area contributed by atoms with Crippen LogP contribution in [0.15, 0.2) is 30.5 Å². The largest absolute Gasteiger partial charge is 0.294 e. The van der Waals surface area contributed by atoms with E-state index in [-0.39, 0.29) is 12.2 Å². The minimum absolute atomic E-state index is 0.0496. The lowest BCUT2D eigenvalue weighted by atomic mass is 10.1. The lowest BCUT2D eigenvalue weighted by Crippen LogP contribution is -2.09. The molecular weight excluding hydrogens is 307 g/mol. The van der Waals surface area contributed by atoms with Crippen molar-refractivity contribution >= 4 is 29.0 Å². The third kappa shape index (κ3) is 3.86. The van der Waals surface area contributed by atoms with E-state index in [1.165, 1.54) is 0 Å². The molecule has 0 bridgehead atoms. The molecular formula is C16H18Cl2N2O. The first-order valence-corrected chi connectivity index (χ1v) is 7.83. The van der Waals surface area contributed by atoms with Gasteiger partial charge in [0.05, 0.1) is 23.2 Å². The summed E-state index contributed by atoms with van der Waals surface area (Å²) >= 11 is 11.9. The number of benzene rings is 1. The zero-order valence-electron chi connectivity index (χ0n) is 12.1. The van der Waals surface area contributed by atoms with Crippen LogP contribution in [0.2, 0.25) is 10.0 Å². The Morgan fingerprint density at radius 1 is 1.24 bits per heavy atom. The average Bonchev–Trinajstić information content (AvgIpc) is 2.88. The monoisotopic (exact) mass is 324 g/mol. The molecule has 1 aromatic carbocycles. The first-order chi connectivity index (χ1) is 10.0. The molecule has 0 N–H and O–H groups in total. The second-order valence-electron chi connectivity index (χ2n) is 4.98. The Bertz CT molecular complexity index is 633. The maximum absolute atomic E-state index is 12.3. The van der Waals surface area contributed by atoms with Crippen LogP contribution in [0.5, 0.6) is 0 Å². The molecule has 1 heterocycles. The number of rotatable bonds is 6. The van der Waals surface area contributed by atoms with E-state index in [2.05, 4.69) is 18.9 Å². The number of hydrogen-bond donors (Lipinski definition) is 0. The smallest absolute Gasteiger partial charge is 0.170 e. The van der Waals surface area contributed by atoms with Gasteiger partial charge in [0.15, 0.2) is 5.78 Å². The molecule has 0 saturated carbocycles. The van der Waals surface area contributed by atoms with Crippen LogP contribution in [0.3, 0.4) is 0 Å². The van der Waals surface area contributed by atoms with E-state index in [9.17, 15) is 4.79 Å². The van der Waals surface area contributed by atoms with Gasteiger partial charge >= 0.3 is 0 Å². The molecule has 0 atom stereocenters. The fourth-order valence-electron chi connectivity index (χ4n) is 2.31. The van der Waals surface area contributed by atoms with Crippen LogP contribution < -0.4 is 0 Å². The molecule has 21 heavy (non-hydrogen) atoms. The summed E-state index contributed by atoms with van der Waals surface area (Å²) in [4.78, 5) is 12.3. The predicted octanol–water partition coefficient (Wildman–Crippen LogP) is 4.98. The highest BCUT2D eigenvalue weighted by Gasteiger charge is 2.14. The van der Waals surface area contributed by atoms with Crippen molar-refractivity contribution < 1.29 is 4.79 Å². The summed E-state index contributed by atoms with van der Waals surface area (Å²) in [6.07, 6.45) is 4.22. The normalized spacial score (nSPS) is 11.1. The van der Waals surface area contributed by atoms with Crippen LogP contribution in [-0.2, 0) is 6.42 Å². The van der Waals surface area contributed by atoms with Gasteiger partial charge < -0.3 is 0 Å². The number of carbonyl (C=O) groups excluding carboxylic acids is 1. The maximum atomic E-state index is 12.3. The minimum Gasteiger partial charge on any atom is -0.294 e. The van der Waals surface area contributed by atoms with Gasteiger partial charge in [-0.05, 0) is 37.1 Å². The van der Waals surface area contributed by atoms with Crippen molar-refractivity contribution in [2.75, 3.05) is 0 Å². The SMILES string of the molecule is CCC(CC)n1ccc(CC(=O)c2ccc(Cl)cc2Cl)n1. The van der Waals surface area contributed by atoms with Crippen molar-refractivity contribution in [2.45, 2.75) is 39.2 Å². The molecule has 0 fully saturated rings. The Morgan fingerprint density at radius 2 is 1.95 bits per heavy atom. The molecule has 0 aliphatic heterocycles. The van der Waals surface area contributed by atoms with Gasteiger partial charge in [-0.15, -0.1) is 0 Å². The molecule has 0 saturated heterocycles. The number of Topliss-reactive ketones (excluding diaryl/α,β-unsaturated/α-hetero) is 1. The van der Waals surface area contributed by atoms with Crippen molar-refractivity contribution in [1.82, 2.24) is 9.78 Å². The highest BCUT2D eigenvalue weighted by atomic mass is 35.5. The van der Waals surface area contributed by atoms with E-state index >= 15 is 0 Å². The molecule has 0 amide bonds. The molecule has 0 unspecified atom stereocenters. The zero-order valence-corrected chi connectivity index (χ0v) is 13.7.